The lowest BCUT2D eigenvalue weighted by atomic mass is 9.82. The molecule has 3 N–H and O–H groups in total. The number of ether oxygens (including phenoxy) is 11. The molecule has 5 rings (SSSR count). The van der Waals surface area contributed by atoms with Gasteiger partial charge in [0.25, 0.3) is 8.32 Å². The average Bonchev–Trinajstić information content (AvgIpc) is 3.58. The van der Waals surface area contributed by atoms with Gasteiger partial charge in [-0.2, -0.15) is 0 Å². The molecule has 3 saturated heterocycles. The van der Waals surface area contributed by atoms with Gasteiger partial charge in [-0.25, -0.2) is 0 Å². The summed E-state index contributed by atoms with van der Waals surface area (Å²) in [5.41, 5.74) is 0. The van der Waals surface area contributed by atoms with Gasteiger partial charge in [0.05, 0.1) is 104 Å². The molecule has 484 valence electrons. The monoisotopic (exact) mass is 1210 g/mol. The fourth-order valence-electron chi connectivity index (χ4n) is 9.88. The predicted octanol–water partition coefficient (Wildman–Crippen LogP) is 6.55. The number of nitrogens with zero attached hydrogens (tertiary/aromatic N) is 1. The third kappa shape index (κ3) is 29.2. The fraction of sp³-hybridized carbons (Fsp3) is 0.746. The smallest absolute Gasteiger partial charge is 0.302 e. The second kappa shape index (κ2) is 44.5. The molecule has 2 aromatic rings. The summed E-state index contributed by atoms with van der Waals surface area (Å²) < 4.78 is 68.1. The van der Waals surface area contributed by atoms with E-state index in [1.165, 1.54) is 70.5 Å². The summed E-state index contributed by atoms with van der Waals surface area (Å²) in [4.78, 5) is 48.2. The van der Waals surface area contributed by atoms with Crippen molar-refractivity contribution < 1.29 is 80.8 Å². The number of amides is 2. The third-order valence-electron chi connectivity index (χ3n) is 14.9. The Hall–Kier alpha value is -3.94. The number of nitrogens with one attached hydrogen (secondary N) is 2. The summed E-state index contributed by atoms with van der Waals surface area (Å²) in [5, 5.41) is 16.9. The van der Waals surface area contributed by atoms with Gasteiger partial charge in [-0.1, -0.05) is 137 Å². The van der Waals surface area contributed by atoms with Crippen LogP contribution in [0.3, 0.4) is 0 Å². The van der Waals surface area contributed by atoms with Crippen LogP contribution in [0.25, 0.3) is 0 Å². The number of carbonyl (C=O) groups is 4. The van der Waals surface area contributed by atoms with Gasteiger partial charge in [0, 0.05) is 40.9 Å². The molecule has 3 aliphatic heterocycles. The zero-order valence-corrected chi connectivity index (χ0v) is 53.8. The Labute approximate surface area is 505 Å². The SMILES string of the molecule is C.C1CCOC1.CC(=O)N[C@H]1[C@H](OCCOCCOCCO)O[C@H](COC(C)=O)[C@H](C)[C@@H]1C.CC(=O)N[C@H]1[C@H](OCCOCCOCCO[Si](c2ccccc2)(c2ccccc2)C(C)(C)C)O[C@H](COC(C)=O)[C@H](C)[C@@H]1C.CCN(CC)CC. The molecule has 0 spiro atoms. The van der Waals surface area contributed by atoms with Crippen LogP contribution in [-0.4, -0.2) is 204 Å². The molecular formula is C63H111N3O17Si. The second-order valence-corrected chi connectivity index (χ2v) is 26.3. The lowest BCUT2D eigenvalue weighted by Gasteiger charge is -2.44. The van der Waals surface area contributed by atoms with E-state index in [-0.39, 0.29) is 124 Å². The van der Waals surface area contributed by atoms with Crippen molar-refractivity contribution in [2.45, 2.75) is 159 Å². The van der Waals surface area contributed by atoms with E-state index in [0.717, 1.165) is 13.2 Å². The molecule has 20 nitrogen and oxygen atoms in total. The minimum absolute atomic E-state index is 0. The number of esters is 2. The number of rotatable bonds is 31. The molecule has 84 heavy (non-hydrogen) atoms. The molecule has 3 heterocycles. The molecular weight excluding hydrogens is 1100 g/mol. The highest BCUT2D eigenvalue weighted by atomic mass is 28.4. The van der Waals surface area contributed by atoms with Gasteiger partial charge in [-0.15, -0.1) is 0 Å². The fourth-order valence-corrected chi connectivity index (χ4v) is 14.4. The largest absolute Gasteiger partial charge is 0.463 e. The summed E-state index contributed by atoms with van der Waals surface area (Å²) in [6, 6.07) is 20.5. The molecule has 0 aromatic heterocycles. The first-order valence-corrected chi connectivity index (χ1v) is 31.9. The third-order valence-corrected chi connectivity index (χ3v) is 20.0. The topological polar surface area (TPSA) is 227 Å². The van der Waals surface area contributed by atoms with Gasteiger partial charge >= 0.3 is 11.9 Å². The molecule has 0 unspecified atom stereocenters. The Morgan fingerprint density at radius 1 is 0.560 bits per heavy atom. The summed E-state index contributed by atoms with van der Waals surface area (Å²) in [5.74, 6) is -0.790. The maximum absolute atomic E-state index is 11.8. The number of aliphatic hydroxyl groups is 1. The minimum atomic E-state index is -2.58. The Balaban J connectivity index is 0.000000741. The Morgan fingerprint density at radius 2 is 0.917 bits per heavy atom. The number of carbonyl (C=O) groups excluding carboxylic acids is 4. The first kappa shape index (κ1) is 78.1. The molecule has 10 atom stereocenters. The van der Waals surface area contributed by atoms with Gasteiger partial charge in [-0.3, -0.25) is 19.2 Å². The molecule has 0 saturated carbocycles. The van der Waals surface area contributed by atoms with Crippen molar-refractivity contribution >= 4 is 42.4 Å². The van der Waals surface area contributed by atoms with Gasteiger partial charge in [-0.05, 0) is 71.6 Å². The van der Waals surface area contributed by atoms with Crippen molar-refractivity contribution in [3.05, 3.63) is 60.7 Å². The van der Waals surface area contributed by atoms with Crippen LogP contribution in [0.4, 0.5) is 0 Å². The Morgan fingerprint density at radius 3 is 1.21 bits per heavy atom. The first-order chi connectivity index (χ1) is 39.7. The van der Waals surface area contributed by atoms with Crippen LogP contribution in [0.15, 0.2) is 60.7 Å². The maximum atomic E-state index is 11.8. The predicted molar refractivity (Wildman–Crippen MR) is 329 cm³/mol. The van der Waals surface area contributed by atoms with Crippen LogP contribution in [-0.2, 0) is 75.7 Å². The number of benzene rings is 2. The quantitative estimate of drug-likeness (QED) is 0.0413. The van der Waals surface area contributed by atoms with Crippen molar-refractivity contribution in [2.24, 2.45) is 23.7 Å². The molecule has 2 amide bonds. The van der Waals surface area contributed by atoms with Gasteiger partial charge < -0.3 is 77.2 Å². The molecule has 3 fully saturated rings. The van der Waals surface area contributed by atoms with E-state index in [4.69, 9.17) is 61.6 Å². The zero-order valence-electron chi connectivity index (χ0n) is 52.8. The summed E-state index contributed by atoms with van der Waals surface area (Å²) >= 11 is 0. The van der Waals surface area contributed by atoms with Crippen molar-refractivity contribution in [3.63, 3.8) is 0 Å². The van der Waals surface area contributed by atoms with Gasteiger partial charge in [0.1, 0.15) is 13.2 Å². The van der Waals surface area contributed by atoms with Crippen LogP contribution in [0.1, 0.15) is 117 Å². The van der Waals surface area contributed by atoms with Crippen LogP contribution in [0.5, 0.6) is 0 Å². The number of aliphatic hydroxyl groups excluding tert-OH is 1. The van der Waals surface area contributed by atoms with Crippen LogP contribution >= 0.6 is 0 Å². The van der Waals surface area contributed by atoms with E-state index in [2.05, 4.69) is 106 Å². The average molecular weight is 1210 g/mol. The summed E-state index contributed by atoms with van der Waals surface area (Å²) in [6.45, 7) is 37.0. The lowest BCUT2D eigenvalue weighted by molar-refractivity contribution is -0.247. The van der Waals surface area contributed by atoms with Crippen molar-refractivity contribution in [2.75, 3.05) is 125 Å². The lowest BCUT2D eigenvalue weighted by Crippen LogP contribution is -2.66. The molecule has 0 bridgehead atoms. The van der Waals surface area contributed by atoms with Crippen LogP contribution < -0.4 is 21.0 Å². The van der Waals surface area contributed by atoms with E-state index in [9.17, 15) is 19.2 Å². The standard InChI is InChI=1S/C34H51NO8Si.C18H33NO8.C6H15N.C4H8O.CH4/c1-25-26(2)32(35-27(3)36)33(43-31(25)24-41-28(4)37)40-22-20-38-18-19-39-21-23-42-44(34(5,6)7,29-14-10-8-11-15-29)30-16-12-9-13-17-30;1-12-13(2)17(19-14(3)21)18(27-16(12)11-26-15(4)22)25-10-9-24-8-7-23-6-5-20;1-4-7(5-2)6-3;1-2-4-5-3-1;/h8-17,25-26,31-33H,18-24H2,1-7H3,(H,35,36);12-13,16-18,20H,5-11H2,1-4H3,(H,19,21);4-6H2,1-3H3;1-4H2;1H4/t25-,26+,31-,32-,33-;12-,13+,16-,17-,18-;;;/m11.../s1. The van der Waals surface area contributed by atoms with Crippen LogP contribution in [0, 0.1) is 23.7 Å². The zero-order chi connectivity index (χ0) is 61.6. The number of hydrogen-bond acceptors (Lipinski definition) is 18. The summed E-state index contributed by atoms with van der Waals surface area (Å²) in [7, 11) is -2.58. The van der Waals surface area contributed by atoms with Crippen molar-refractivity contribution in [1.29, 1.82) is 0 Å². The molecule has 21 heteroatoms. The second-order valence-electron chi connectivity index (χ2n) is 21.9. The highest BCUT2D eigenvalue weighted by Gasteiger charge is 2.50. The van der Waals surface area contributed by atoms with Gasteiger partial charge in [0.2, 0.25) is 11.8 Å². The minimum Gasteiger partial charge on any atom is -0.463 e. The van der Waals surface area contributed by atoms with Crippen LogP contribution in [0.2, 0.25) is 5.04 Å². The van der Waals surface area contributed by atoms with Crippen molar-refractivity contribution in [1.82, 2.24) is 15.5 Å². The van der Waals surface area contributed by atoms with Crippen molar-refractivity contribution in [3.8, 4) is 0 Å². The maximum Gasteiger partial charge on any atom is 0.302 e. The highest BCUT2D eigenvalue weighted by molar-refractivity contribution is 6.99. The first-order valence-electron chi connectivity index (χ1n) is 30.0. The van der Waals surface area contributed by atoms with E-state index in [1.54, 1.807) is 0 Å². The molecule has 2 aromatic carbocycles. The van der Waals surface area contributed by atoms with E-state index in [0.29, 0.717) is 52.9 Å². The van der Waals surface area contributed by atoms with E-state index < -0.39 is 20.9 Å². The van der Waals surface area contributed by atoms with Gasteiger partial charge in [0.15, 0.2) is 12.6 Å². The molecule has 0 aliphatic carbocycles. The molecule has 0 radical (unpaired) electrons. The molecule has 3 aliphatic rings. The normalized spacial score (nSPS) is 23.0. The Kier molecular flexibility index (Phi) is 41.3. The summed E-state index contributed by atoms with van der Waals surface area (Å²) in [6.07, 6.45) is 0.579. The highest BCUT2D eigenvalue weighted by Crippen LogP contribution is 2.37. The van der Waals surface area contributed by atoms with E-state index in [1.807, 2.05) is 39.8 Å². The Bertz CT molecular complexity index is 1960. The number of hydrogen-bond donors (Lipinski definition) is 3. The van der Waals surface area contributed by atoms with E-state index >= 15 is 0 Å².